The van der Waals surface area contributed by atoms with E-state index in [1.165, 1.54) is 0 Å². The molecule has 0 aliphatic carbocycles. The van der Waals surface area contributed by atoms with Crippen LogP contribution in [-0.4, -0.2) is 19.9 Å². The molecule has 3 N–H and O–H groups in total. The Morgan fingerprint density at radius 1 is 1.33 bits per heavy atom. The van der Waals surface area contributed by atoms with Crippen molar-refractivity contribution >= 4 is 27.0 Å². The van der Waals surface area contributed by atoms with E-state index in [0.717, 1.165) is 24.1 Å². The third-order valence-electron chi connectivity index (χ3n) is 3.42. The number of H-pyrrole nitrogens is 1. The van der Waals surface area contributed by atoms with E-state index in [4.69, 9.17) is 0 Å². The molecule has 0 bridgehead atoms. The molecule has 0 saturated heterocycles. The first kappa shape index (κ1) is 14.3. The van der Waals surface area contributed by atoms with Gasteiger partial charge in [-0.25, -0.2) is 8.42 Å². The Hall–Kier alpha value is -1.64. The van der Waals surface area contributed by atoms with Gasteiger partial charge in [-0.15, -0.1) is 0 Å². The van der Waals surface area contributed by atoms with Crippen LogP contribution in [0.4, 0.5) is 5.69 Å². The lowest BCUT2D eigenvalue weighted by molar-refractivity contribution is 0.602. The zero-order chi connectivity index (χ0) is 15.0. The summed E-state index contributed by atoms with van der Waals surface area (Å²) in [5, 5.41) is 3.23. The van der Waals surface area contributed by atoms with E-state index in [2.05, 4.69) is 15.0 Å². The van der Waals surface area contributed by atoms with Crippen LogP contribution in [-0.2, 0) is 23.0 Å². The Labute approximate surface area is 126 Å². The number of benzene rings is 1. The van der Waals surface area contributed by atoms with Gasteiger partial charge in [0.1, 0.15) is 0 Å². The molecule has 1 aromatic heterocycles. The van der Waals surface area contributed by atoms with Gasteiger partial charge in [-0.1, -0.05) is 23.5 Å². The van der Waals surface area contributed by atoms with Gasteiger partial charge < -0.3 is 10.3 Å². The summed E-state index contributed by atoms with van der Waals surface area (Å²) < 4.78 is 27.5. The number of aryl methyl sites for hydroxylation is 1. The monoisotopic (exact) mass is 325 g/mol. The van der Waals surface area contributed by atoms with Gasteiger partial charge in [0.05, 0.1) is 5.69 Å². The number of hydrogen-bond acceptors (Lipinski definition) is 5. The second-order valence-corrected chi connectivity index (χ2v) is 7.76. The van der Waals surface area contributed by atoms with Crippen molar-refractivity contribution in [3.05, 3.63) is 44.7 Å². The molecule has 1 aromatic carbocycles. The van der Waals surface area contributed by atoms with E-state index in [0.29, 0.717) is 29.3 Å². The Kier molecular flexibility index (Phi) is 3.60. The first-order valence-corrected chi connectivity index (χ1v) is 8.81. The summed E-state index contributed by atoms with van der Waals surface area (Å²) in [4.78, 5) is 13.4. The lowest BCUT2D eigenvalue weighted by Gasteiger charge is -2.20. The maximum atomic E-state index is 12.4. The molecule has 3 rings (SSSR count). The van der Waals surface area contributed by atoms with Crippen LogP contribution in [0.1, 0.15) is 16.8 Å². The summed E-state index contributed by atoms with van der Waals surface area (Å²) in [5.74, 6) is 0. The van der Waals surface area contributed by atoms with Crippen LogP contribution in [0, 0.1) is 6.92 Å². The molecule has 1 aliphatic heterocycles. The van der Waals surface area contributed by atoms with Crippen LogP contribution < -0.4 is 14.9 Å². The van der Waals surface area contributed by atoms with E-state index in [-0.39, 0.29) is 9.08 Å². The van der Waals surface area contributed by atoms with E-state index >= 15 is 0 Å². The topological polar surface area (TPSA) is 91.1 Å². The van der Waals surface area contributed by atoms with Gasteiger partial charge in [0.15, 0.2) is 4.21 Å². The largest absolute Gasteiger partial charge is 0.315 e. The maximum Gasteiger partial charge on any atom is 0.306 e. The number of fused-ring (bicyclic) bond motifs is 1. The van der Waals surface area contributed by atoms with Crippen molar-refractivity contribution in [2.24, 2.45) is 0 Å². The lowest BCUT2D eigenvalue weighted by Crippen LogP contribution is -2.25. The van der Waals surface area contributed by atoms with Crippen molar-refractivity contribution in [1.29, 1.82) is 0 Å². The van der Waals surface area contributed by atoms with Gasteiger partial charge in [-0.3, -0.25) is 9.52 Å². The SMILES string of the molecule is Cc1[nH]c(=O)sc1S(=O)(=O)Nc1cccc2c1CNCC2. The van der Waals surface area contributed by atoms with E-state index < -0.39 is 10.0 Å². The van der Waals surface area contributed by atoms with Crippen LogP contribution in [0.25, 0.3) is 0 Å². The first-order valence-electron chi connectivity index (χ1n) is 6.51. The summed E-state index contributed by atoms with van der Waals surface area (Å²) in [6.45, 7) is 3.10. The Balaban J connectivity index is 2.00. The number of aromatic amines is 1. The number of thiazole rings is 1. The van der Waals surface area contributed by atoms with E-state index in [1.807, 2.05) is 12.1 Å². The molecule has 0 atom stereocenters. The molecule has 0 fully saturated rings. The highest BCUT2D eigenvalue weighted by Crippen LogP contribution is 2.26. The second-order valence-electron chi connectivity index (χ2n) is 4.90. The van der Waals surface area contributed by atoms with Crippen molar-refractivity contribution in [1.82, 2.24) is 10.3 Å². The van der Waals surface area contributed by atoms with Crippen molar-refractivity contribution in [2.45, 2.75) is 24.1 Å². The van der Waals surface area contributed by atoms with Gasteiger partial charge >= 0.3 is 4.87 Å². The van der Waals surface area contributed by atoms with Gasteiger partial charge in [-0.05, 0) is 37.1 Å². The van der Waals surface area contributed by atoms with E-state index in [9.17, 15) is 13.2 Å². The van der Waals surface area contributed by atoms with Crippen LogP contribution in [0.5, 0.6) is 0 Å². The predicted molar refractivity (Wildman–Crippen MR) is 82.3 cm³/mol. The molecule has 0 spiro atoms. The van der Waals surface area contributed by atoms with Crippen LogP contribution in [0.3, 0.4) is 0 Å². The van der Waals surface area contributed by atoms with Crippen LogP contribution in [0.2, 0.25) is 0 Å². The maximum absolute atomic E-state index is 12.4. The zero-order valence-electron chi connectivity index (χ0n) is 11.4. The zero-order valence-corrected chi connectivity index (χ0v) is 13.0. The van der Waals surface area contributed by atoms with Crippen molar-refractivity contribution in [3.8, 4) is 0 Å². The van der Waals surface area contributed by atoms with Gasteiger partial charge in [0.2, 0.25) is 0 Å². The molecule has 21 heavy (non-hydrogen) atoms. The fraction of sp³-hybridized carbons (Fsp3) is 0.308. The van der Waals surface area contributed by atoms with Crippen molar-refractivity contribution in [3.63, 3.8) is 0 Å². The average molecular weight is 325 g/mol. The standard InChI is InChI=1S/C13H15N3O3S2/c1-8-12(20-13(17)15-8)21(18,19)16-11-4-2-3-9-5-6-14-7-10(9)11/h2-4,14,16H,5-7H2,1H3,(H,15,17). The minimum absolute atomic E-state index is 0.0360. The smallest absolute Gasteiger partial charge is 0.306 e. The lowest BCUT2D eigenvalue weighted by atomic mass is 10.00. The van der Waals surface area contributed by atoms with Gasteiger partial charge in [0.25, 0.3) is 10.0 Å². The third-order valence-corrected chi connectivity index (χ3v) is 6.39. The minimum atomic E-state index is -3.75. The Morgan fingerprint density at radius 3 is 2.86 bits per heavy atom. The molecular formula is C13H15N3O3S2. The molecular weight excluding hydrogens is 310 g/mol. The molecule has 6 nitrogen and oxygen atoms in total. The highest BCUT2D eigenvalue weighted by Gasteiger charge is 2.23. The number of sulfonamides is 1. The van der Waals surface area contributed by atoms with E-state index in [1.54, 1.807) is 13.0 Å². The van der Waals surface area contributed by atoms with Crippen LogP contribution >= 0.6 is 11.3 Å². The summed E-state index contributed by atoms with van der Waals surface area (Å²) in [6.07, 6.45) is 0.876. The number of rotatable bonds is 3. The summed E-state index contributed by atoms with van der Waals surface area (Å²) in [5.41, 5.74) is 3.04. The molecule has 1 aliphatic rings. The molecule has 2 heterocycles. The summed E-state index contributed by atoms with van der Waals surface area (Å²) >= 11 is 0.701. The quantitative estimate of drug-likeness (QED) is 0.790. The molecule has 0 radical (unpaired) electrons. The predicted octanol–water partition coefficient (Wildman–Crippen LogP) is 1.19. The molecule has 0 unspecified atom stereocenters. The number of hydrogen-bond donors (Lipinski definition) is 3. The minimum Gasteiger partial charge on any atom is -0.315 e. The van der Waals surface area contributed by atoms with Crippen molar-refractivity contribution < 1.29 is 8.42 Å². The summed E-state index contributed by atoms with van der Waals surface area (Å²) in [6, 6.07) is 5.59. The fourth-order valence-corrected chi connectivity index (χ4v) is 4.84. The first-order chi connectivity index (χ1) is 9.97. The average Bonchev–Trinajstić information content (AvgIpc) is 2.79. The molecule has 8 heteroatoms. The van der Waals surface area contributed by atoms with Gasteiger partial charge in [0, 0.05) is 12.2 Å². The summed E-state index contributed by atoms with van der Waals surface area (Å²) in [7, 11) is -3.75. The number of aromatic nitrogens is 1. The van der Waals surface area contributed by atoms with Gasteiger partial charge in [-0.2, -0.15) is 0 Å². The highest BCUT2D eigenvalue weighted by molar-refractivity contribution is 7.94. The second kappa shape index (κ2) is 5.28. The fourth-order valence-electron chi connectivity index (χ4n) is 2.45. The molecule has 0 saturated carbocycles. The molecule has 0 amide bonds. The number of anilines is 1. The van der Waals surface area contributed by atoms with Crippen LogP contribution in [0.15, 0.2) is 27.2 Å². The van der Waals surface area contributed by atoms with Crippen molar-refractivity contribution in [2.75, 3.05) is 11.3 Å². The number of nitrogens with one attached hydrogen (secondary N) is 3. The Bertz CT molecular complexity index is 837. The normalized spacial score (nSPS) is 14.7. The Morgan fingerprint density at radius 2 is 2.14 bits per heavy atom. The molecule has 2 aromatic rings. The molecule has 112 valence electrons. The third kappa shape index (κ3) is 2.74. The highest BCUT2D eigenvalue weighted by atomic mass is 32.2.